The van der Waals surface area contributed by atoms with Gasteiger partial charge in [-0.2, -0.15) is 0 Å². The van der Waals surface area contributed by atoms with Gasteiger partial charge >= 0.3 is 0 Å². The third-order valence-corrected chi connectivity index (χ3v) is 4.37. The van der Waals surface area contributed by atoms with E-state index in [1.54, 1.807) is 7.11 Å². The SMILES string of the molecule is COc1ccc(C(O)c2c(-c3ccccc3)oc3ccccc23)cc1. The molecule has 0 saturated carbocycles. The first-order valence-electron chi connectivity index (χ1n) is 8.17. The van der Waals surface area contributed by atoms with Crippen LogP contribution in [0.5, 0.6) is 5.75 Å². The van der Waals surface area contributed by atoms with Crippen molar-refractivity contribution < 1.29 is 14.3 Å². The predicted octanol–water partition coefficient (Wildman–Crippen LogP) is 5.19. The standard InChI is InChI=1S/C22H18O3/c1-24-17-13-11-15(12-14-17)21(23)20-18-9-5-6-10-19(18)25-22(20)16-7-3-2-4-8-16/h2-14,21,23H,1H3. The maximum atomic E-state index is 11.1. The van der Waals surface area contributed by atoms with Crippen LogP contribution in [0.2, 0.25) is 0 Å². The summed E-state index contributed by atoms with van der Waals surface area (Å²) in [7, 11) is 1.63. The quantitative estimate of drug-likeness (QED) is 0.560. The highest BCUT2D eigenvalue weighted by atomic mass is 16.5. The third-order valence-electron chi connectivity index (χ3n) is 4.37. The van der Waals surface area contributed by atoms with Crippen LogP contribution in [-0.2, 0) is 0 Å². The molecule has 0 spiro atoms. The van der Waals surface area contributed by atoms with E-state index in [1.165, 1.54) is 0 Å². The van der Waals surface area contributed by atoms with Gasteiger partial charge < -0.3 is 14.3 Å². The number of hydrogen-bond donors (Lipinski definition) is 1. The van der Waals surface area contributed by atoms with Crippen LogP contribution in [-0.4, -0.2) is 12.2 Å². The lowest BCUT2D eigenvalue weighted by atomic mass is 9.96. The molecule has 3 heteroatoms. The van der Waals surface area contributed by atoms with E-state index in [0.717, 1.165) is 33.4 Å². The van der Waals surface area contributed by atoms with Crippen LogP contribution in [0.15, 0.2) is 83.3 Å². The van der Waals surface area contributed by atoms with Gasteiger partial charge in [-0.15, -0.1) is 0 Å². The minimum Gasteiger partial charge on any atom is -0.497 e. The number of ether oxygens (including phenoxy) is 1. The summed E-state index contributed by atoms with van der Waals surface area (Å²) in [5, 5.41) is 12.0. The Morgan fingerprint density at radius 3 is 2.24 bits per heavy atom. The molecule has 0 aliphatic rings. The highest BCUT2D eigenvalue weighted by Crippen LogP contribution is 2.39. The fourth-order valence-electron chi connectivity index (χ4n) is 3.09. The Bertz CT molecular complexity index is 985. The van der Waals surface area contributed by atoms with Crippen LogP contribution in [0.1, 0.15) is 17.2 Å². The second-order valence-corrected chi connectivity index (χ2v) is 5.88. The second kappa shape index (κ2) is 6.46. The van der Waals surface area contributed by atoms with E-state index < -0.39 is 6.10 Å². The smallest absolute Gasteiger partial charge is 0.141 e. The van der Waals surface area contributed by atoms with E-state index in [9.17, 15) is 5.11 Å². The molecular weight excluding hydrogens is 312 g/mol. The van der Waals surface area contributed by atoms with E-state index >= 15 is 0 Å². The molecule has 1 atom stereocenters. The fraction of sp³-hybridized carbons (Fsp3) is 0.0909. The number of methoxy groups -OCH3 is 1. The summed E-state index contributed by atoms with van der Waals surface area (Å²) in [6.45, 7) is 0. The van der Waals surface area contributed by atoms with Crippen molar-refractivity contribution >= 4 is 11.0 Å². The van der Waals surface area contributed by atoms with Gasteiger partial charge in [0.2, 0.25) is 0 Å². The zero-order valence-electron chi connectivity index (χ0n) is 13.8. The van der Waals surface area contributed by atoms with E-state index in [4.69, 9.17) is 9.15 Å². The van der Waals surface area contributed by atoms with E-state index in [2.05, 4.69) is 0 Å². The van der Waals surface area contributed by atoms with E-state index in [-0.39, 0.29) is 0 Å². The normalized spacial score (nSPS) is 12.2. The summed E-state index contributed by atoms with van der Waals surface area (Å²) in [6, 6.07) is 25.1. The Hall–Kier alpha value is -3.04. The van der Waals surface area contributed by atoms with Crippen molar-refractivity contribution in [3.63, 3.8) is 0 Å². The molecule has 3 nitrogen and oxygen atoms in total. The summed E-state index contributed by atoms with van der Waals surface area (Å²) >= 11 is 0. The summed E-state index contributed by atoms with van der Waals surface area (Å²) in [5.41, 5.74) is 3.29. The first-order chi connectivity index (χ1) is 12.3. The molecule has 1 heterocycles. The minimum absolute atomic E-state index is 0.699. The highest BCUT2D eigenvalue weighted by Gasteiger charge is 2.23. The number of aliphatic hydroxyl groups is 1. The maximum Gasteiger partial charge on any atom is 0.141 e. The predicted molar refractivity (Wildman–Crippen MR) is 98.7 cm³/mol. The molecule has 1 aromatic heterocycles. The zero-order chi connectivity index (χ0) is 17.2. The second-order valence-electron chi connectivity index (χ2n) is 5.88. The molecule has 4 aromatic rings. The van der Waals surface area contributed by atoms with Crippen molar-refractivity contribution in [3.8, 4) is 17.1 Å². The molecule has 0 bridgehead atoms. The van der Waals surface area contributed by atoms with Crippen LogP contribution in [0, 0.1) is 0 Å². The lowest BCUT2D eigenvalue weighted by Gasteiger charge is -2.13. The van der Waals surface area contributed by atoms with Crippen molar-refractivity contribution in [3.05, 3.63) is 90.0 Å². The number of benzene rings is 3. The highest BCUT2D eigenvalue weighted by molar-refractivity contribution is 5.88. The van der Waals surface area contributed by atoms with Crippen molar-refractivity contribution in [2.75, 3.05) is 7.11 Å². The van der Waals surface area contributed by atoms with Crippen molar-refractivity contribution in [1.29, 1.82) is 0 Å². The molecule has 25 heavy (non-hydrogen) atoms. The van der Waals surface area contributed by atoms with Gasteiger partial charge in [-0.05, 0) is 23.8 Å². The van der Waals surface area contributed by atoms with Gasteiger partial charge in [0.15, 0.2) is 0 Å². The molecule has 3 aromatic carbocycles. The molecule has 1 N–H and O–H groups in total. The van der Waals surface area contributed by atoms with Crippen LogP contribution in [0.4, 0.5) is 0 Å². The summed E-state index contributed by atoms with van der Waals surface area (Å²) in [4.78, 5) is 0. The molecule has 0 fully saturated rings. The largest absolute Gasteiger partial charge is 0.497 e. The van der Waals surface area contributed by atoms with Gasteiger partial charge in [0, 0.05) is 16.5 Å². The van der Waals surface area contributed by atoms with Crippen molar-refractivity contribution in [1.82, 2.24) is 0 Å². The van der Waals surface area contributed by atoms with Crippen LogP contribution in [0.25, 0.3) is 22.3 Å². The lowest BCUT2D eigenvalue weighted by Crippen LogP contribution is -2.00. The number of rotatable bonds is 4. The summed E-state index contributed by atoms with van der Waals surface area (Å²) < 4.78 is 11.3. The topological polar surface area (TPSA) is 42.6 Å². The monoisotopic (exact) mass is 330 g/mol. The number of para-hydroxylation sites is 1. The Morgan fingerprint density at radius 2 is 1.52 bits per heavy atom. The Balaban J connectivity index is 1.89. The van der Waals surface area contributed by atoms with Crippen molar-refractivity contribution in [2.24, 2.45) is 0 Å². The van der Waals surface area contributed by atoms with E-state index in [1.807, 2.05) is 78.9 Å². The summed E-state index contributed by atoms with van der Waals surface area (Å²) in [6.07, 6.45) is -0.787. The molecular formula is C22H18O3. The molecule has 0 radical (unpaired) electrons. The number of furan rings is 1. The maximum absolute atomic E-state index is 11.1. The van der Waals surface area contributed by atoms with Crippen LogP contribution in [0.3, 0.4) is 0 Å². The number of fused-ring (bicyclic) bond motifs is 1. The van der Waals surface area contributed by atoms with Crippen LogP contribution >= 0.6 is 0 Å². The Kier molecular flexibility index (Phi) is 4.00. The Morgan fingerprint density at radius 1 is 0.840 bits per heavy atom. The van der Waals surface area contributed by atoms with Gasteiger partial charge in [0.25, 0.3) is 0 Å². The molecule has 0 amide bonds. The molecule has 4 rings (SSSR count). The lowest BCUT2D eigenvalue weighted by molar-refractivity contribution is 0.221. The Labute approximate surface area is 146 Å². The molecule has 0 aliphatic heterocycles. The third kappa shape index (κ3) is 2.79. The van der Waals surface area contributed by atoms with Gasteiger partial charge in [-0.3, -0.25) is 0 Å². The van der Waals surface area contributed by atoms with Crippen molar-refractivity contribution in [2.45, 2.75) is 6.10 Å². The number of hydrogen-bond acceptors (Lipinski definition) is 3. The average molecular weight is 330 g/mol. The molecule has 0 aliphatic carbocycles. The first kappa shape index (κ1) is 15.5. The zero-order valence-corrected chi connectivity index (χ0v) is 13.8. The molecule has 124 valence electrons. The van der Waals surface area contributed by atoms with Gasteiger partial charge in [-0.25, -0.2) is 0 Å². The molecule has 1 unspecified atom stereocenters. The van der Waals surface area contributed by atoms with Crippen LogP contribution < -0.4 is 4.74 Å². The van der Waals surface area contributed by atoms with Gasteiger partial charge in [0.05, 0.1) is 7.11 Å². The first-order valence-corrected chi connectivity index (χ1v) is 8.17. The van der Waals surface area contributed by atoms with E-state index in [0.29, 0.717) is 5.76 Å². The number of aliphatic hydroxyl groups excluding tert-OH is 1. The average Bonchev–Trinajstić information content (AvgIpc) is 3.08. The molecule has 0 saturated heterocycles. The van der Waals surface area contributed by atoms with Gasteiger partial charge in [0.1, 0.15) is 23.2 Å². The summed E-state index contributed by atoms with van der Waals surface area (Å²) in [5.74, 6) is 1.46. The fourth-order valence-corrected chi connectivity index (χ4v) is 3.09. The van der Waals surface area contributed by atoms with Gasteiger partial charge in [-0.1, -0.05) is 60.7 Å². The minimum atomic E-state index is -0.787.